The quantitative estimate of drug-likeness (QED) is 0.0825. The molecule has 1 fully saturated rings. The van der Waals surface area contributed by atoms with Crippen LogP contribution < -0.4 is 15.0 Å². The zero-order valence-electron chi connectivity index (χ0n) is 34.8. The molecule has 4 heterocycles. The van der Waals surface area contributed by atoms with Crippen LogP contribution in [0.25, 0.3) is 21.3 Å². The van der Waals surface area contributed by atoms with Crippen LogP contribution in [0, 0.1) is 12.8 Å². The summed E-state index contributed by atoms with van der Waals surface area (Å²) < 4.78 is 12.5. The number of ether oxygens (including phenoxy) is 2. The van der Waals surface area contributed by atoms with E-state index >= 15 is 0 Å². The van der Waals surface area contributed by atoms with Crippen molar-refractivity contribution >= 4 is 50.3 Å². The van der Waals surface area contributed by atoms with E-state index in [1.54, 1.807) is 0 Å². The summed E-state index contributed by atoms with van der Waals surface area (Å²) in [6.45, 7) is 14.3. The molecule has 0 radical (unpaired) electrons. The molecule has 0 aliphatic carbocycles. The van der Waals surface area contributed by atoms with Crippen molar-refractivity contribution in [3.05, 3.63) is 100 Å². The van der Waals surface area contributed by atoms with Crippen LogP contribution in [0.2, 0.25) is 0 Å². The maximum absolute atomic E-state index is 13.7. The molecule has 2 aliphatic rings. The summed E-state index contributed by atoms with van der Waals surface area (Å²) in [6, 6.07) is 21.5. The maximum Gasteiger partial charge on any atom is 0.355 e. The summed E-state index contributed by atoms with van der Waals surface area (Å²) in [7, 11) is 0. The molecule has 0 spiro atoms. The number of piperidine rings is 1. The first-order valence-corrected chi connectivity index (χ1v) is 21.6. The second-order valence-corrected chi connectivity index (χ2v) is 17.7. The molecule has 2 N–H and O–H groups in total. The lowest BCUT2D eigenvalue weighted by atomic mass is 9.80. The minimum absolute atomic E-state index is 0.00943. The number of nitrogens with one attached hydrogen (secondary N) is 1. The fraction of sp³-hybridized carbons (Fsp3) is 0.426. The van der Waals surface area contributed by atoms with E-state index in [-0.39, 0.29) is 17.6 Å². The van der Waals surface area contributed by atoms with Crippen LogP contribution in [-0.2, 0) is 27.9 Å². The first kappa shape index (κ1) is 41.8. The lowest BCUT2D eigenvalue weighted by Crippen LogP contribution is -2.39. The summed E-state index contributed by atoms with van der Waals surface area (Å²) in [5.74, 6) is 0.368. The number of aromatic nitrogens is 2. The number of carbonyl (C=O) groups excluding carboxylic acids is 2. The van der Waals surface area contributed by atoms with Crippen molar-refractivity contribution in [3.63, 3.8) is 0 Å². The maximum atomic E-state index is 13.7. The highest BCUT2D eigenvalue weighted by Crippen LogP contribution is 2.41. The number of carbonyl (C=O) groups is 3. The Balaban J connectivity index is 1.08. The highest BCUT2D eigenvalue weighted by molar-refractivity contribution is 7.22. The summed E-state index contributed by atoms with van der Waals surface area (Å²) in [4.78, 5) is 52.7. The zero-order chi connectivity index (χ0) is 41.7. The van der Waals surface area contributed by atoms with Gasteiger partial charge in [-0.1, -0.05) is 68.5 Å². The first-order valence-electron chi connectivity index (χ1n) is 20.8. The van der Waals surface area contributed by atoms with Crippen molar-refractivity contribution in [2.45, 2.75) is 85.1 Å². The number of likely N-dealkylation sites (tertiary alicyclic amines) is 1. The Labute approximate surface area is 350 Å². The van der Waals surface area contributed by atoms with Crippen molar-refractivity contribution in [2.24, 2.45) is 5.92 Å². The number of carboxylic acids is 1. The molecule has 11 nitrogen and oxygen atoms in total. The van der Waals surface area contributed by atoms with Gasteiger partial charge in [0.15, 0.2) is 10.8 Å². The van der Waals surface area contributed by atoms with Gasteiger partial charge in [0, 0.05) is 30.8 Å². The van der Waals surface area contributed by atoms with E-state index in [0.717, 1.165) is 82.6 Å². The number of rotatable bonds is 14. The van der Waals surface area contributed by atoms with Crippen LogP contribution in [0.4, 0.5) is 10.9 Å². The van der Waals surface area contributed by atoms with Gasteiger partial charge in [0.05, 0.1) is 30.0 Å². The number of para-hydroxylation sites is 1. The summed E-state index contributed by atoms with van der Waals surface area (Å²) in [6.07, 6.45) is 5.95. The van der Waals surface area contributed by atoms with Gasteiger partial charge in [-0.15, -0.1) is 0 Å². The Bertz CT molecular complexity index is 2300. The van der Waals surface area contributed by atoms with E-state index in [0.29, 0.717) is 67.3 Å². The summed E-state index contributed by atoms with van der Waals surface area (Å²) in [5, 5.41) is 14.3. The lowest BCUT2D eigenvalue weighted by molar-refractivity contribution is -0.144. The molecule has 5 aromatic rings. The van der Waals surface area contributed by atoms with Crippen LogP contribution in [0.15, 0.2) is 66.7 Å². The number of fused-ring (bicyclic) bond motifs is 2. The molecule has 2 aliphatic heterocycles. The third-order valence-corrected chi connectivity index (χ3v) is 12.4. The molecule has 3 aromatic carbocycles. The second kappa shape index (κ2) is 18.3. The number of anilines is 2. The van der Waals surface area contributed by atoms with Gasteiger partial charge in [-0.05, 0) is 128 Å². The highest BCUT2D eigenvalue weighted by atomic mass is 32.1. The normalized spacial score (nSPS) is 15.8. The standard InChI is InChI=1S/C47H55N5O6S/c1-6-57-41(53)29-51-23-13-15-31(27-51)14-9-10-25-58-38-20-12-17-33(30(38)2)42-36(47(3,4)5)26-40(49-43(42)45(55)56)52-24-22-32-16-11-18-34(35(32)28-52)44(54)50-46-48-37-19-7-8-21-39(37)59-46/h7-8,11-12,16-21,26,31H,6,9-10,13-15,22-25,27-29H2,1-5H3,(H,55,56)(H,48,50,54)/t31-/m1/s1. The first-order chi connectivity index (χ1) is 28.4. The number of benzene rings is 3. The van der Waals surface area contributed by atoms with Gasteiger partial charge in [-0.25, -0.2) is 14.8 Å². The molecule has 7 rings (SSSR count). The molecule has 1 saturated heterocycles. The van der Waals surface area contributed by atoms with Crippen molar-refractivity contribution in [1.29, 1.82) is 0 Å². The number of thiazole rings is 1. The van der Waals surface area contributed by atoms with Crippen LogP contribution in [0.5, 0.6) is 5.75 Å². The van der Waals surface area contributed by atoms with Crippen molar-refractivity contribution in [2.75, 3.05) is 49.6 Å². The minimum atomic E-state index is -1.10. The number of hydrogen-bond acceptors (Lipinski definition) is 10. The number of pyridine rings is 1. The van der Waals surface area contributed by atoms with Gasteiger partial charge in [0.25, 0.3) is 5.91 Å². The number of esters is 1. The zero-order valence-corrected chi connectivity index (χ0v) is 35.6. The Morgan fingerprint density at radius 2 is 1.81 bits per heavy atom. The van der Waals surface area contributed by atoms with Crippen molar-refractivity contribution in [1.82, 2.24) is 14.9 Å². The Morgan fingerprint density at radius 3 is 2.59 bits per heavy atom. The molecule has 0 unspecified atom stereocenters. The number of amides is 1. The molecule has 2 aromatic heterocycles. The molecule has 0 bridgehead atoms. The van der Waals surface area contributed by atoms with Gasteiger partial charge >= 0.3 is 11.9 Å². The number of aromatic carboxylic acids is 1. The van der Waals surface area contributed by atoms with E-state index in [9.17, 15) is 19.5 Å². The SMILES string of the molecule is CCOC(=O)CN1CCC[C@@H](CCCCOc2cccc(-c3c(C(C)(C)C)cc(N4CCc5cccc(C(=O)Nc6nc7ccccc7s6)c5C4)nc3C(=O)O)c2C)C1. The van der Waals surface area contributed by atoms with Gasteiger partial charge in [-0.2, -0.15) is 0 Å². The molecule has 1 atom stereocenters. The van der Waals surface area contributed by atoms with Crippen LogP contribution in [0.1, 0.15) is 103 Å². The molecule has 0 saturated carbocycles. The second-order valence-electron chi connectivity index (χ2n) is 16.7. The van der Waals surface area contributed by atoms with Crippen molar-refractivity contribution in [3.8, 4) is 16.9 Å². The smallest absolute Gasteiger partial charge is 0.355 e. The van der Waals surface area contributed by atoms with E-state index < -0.39 is 11.4 Å². The fourth-order valence-electron chi connectivity index (χ4n) is 8.47. The molecular weight excluding hydrogens is 763 g/mol. The summed E-state index contributed by atoms with van der Waals surface area (Å²) >= 11 is 1.44. The lowest BCUT2D eigenvalue weighted by Gasteiger charge is -2.33. The molecule has 310 valence electrons. The Hall–Kier alpha value is -5.33. The molecule has 1 amide bonds. The fourth-order valence-corrected chi connectivity index (χ4v) is 9.33. The van der Waals surface area contributed by atoms with Gasteiger partial charge in [0.1, 0.15) is 11.6 Å². The average molecular weight is 818 g/mol. The van der Waals surface area contributed by atoms with E-state index in [4.69, 9.17) is 14.5 Å². The van der Waals surface area contributed by atoms with Crippen LogP contribution in [0.3, 0.4) is 0 Å². The molecule has 12 heteroatoms. The Morgan fingerprint density at radius 1 is 1.00 bits per heavy atom. The summed E-state index contributed by atoms with van der Waals surface area (Å²) in [5.41, 5.74) is 6.06. The van der Waals surface area contributed by atoms with Gasteiger partial charge < -0.3 is 19.5 Å². The topological polar surface area (TPSA) is 134 Å². The number of carboxylic acid groups (broad SMARTS) is 1. The number of unbranched alkanes of at least 4 members (excludes halogenated alkanes) is 1. The molecular formula is C47H55N5O6S. The highest BCUT2D eigenvalue weighted by Gasteiger charge is 2.31. The predicted octanol–water partition coefficient (Wildman–Crippen LogP) is 9.30. The Kier molecular flexibility index (Phi) is 13.0. The monoisotopic (exact) mass is 817 g/mol. The minimum Gasteiger partial charge on any atom is -0.493 e. The third-order valence-electron chi connectivity index (χ3n) is 11.5. The van der Waals surface area contributed by atoms with E-state index in [2.05, 4.69) is 46.9 Å². The number of nitrogens with zero attached hydrogens (tertiary/aromatic N) is 4. The van der Waals surface area contributed by atoms with Gasteiger partial charge in [0.2, 0.25) is 0 Å². The van der Waals surface area contributed by atoms with E-state index in [1.165, 1.54) is 17.8 Å². The molecule has 59 heavy (non-hydrogen) atoms. The number of hydrogen-bond donors (Lipinski definition) is 2. The predicted molar refractivity (Wildman–Crippen MR) is 234 cm³/mol. The average Bonchev–Trinajstić information content (AvgIpc) is 3.62. The van der Waals surface area contributed by atoms with Crippen LogP contribution in [-0.4, -0.2) is 77.2 Å². The van der Waals surface area contributed by atoms with Crippen LogP contribution >= 0.6 is 11.3 Å². The van der Waals surface area contributed by atoms with Gasteiger partial charge in [-0.3, -0.25) is 19.8 Å². The van der Waals surface area contributed by atoms with E-state index in [1.807, 2.05) is 74.5 Å². The third kappa shape index (κ3) is 9.77. The van der Waals surface area contributed by atoms with Crippen molar-refractivity contribution < 1.29 is 29.0 Å². The largest absolute Gasteiger partial charge is 0.493 e.